The van der Waals surface area contributed by atoms with Gasteiger partial charge < -0.3 is 93.8 Å². The van der Waals surface area contributed by atoms with Crippen molar-refractivity contribution < 1.29 is 91.2 Å². The van der Waals surface area contributed by atoms with E-state index in [4.69, 9.17) is 53.5 Å². The maximum Gasteiger partial charge on any atom is 0.407 e. The number of carbonyl (C=O) groups is 8. The number of pyridine rings is 1. The predicted molar refractivity (Wildman–Crippen MR) is 499 cm³/mol. The van der Waals surface area contributed by atoms with Gasteiger partial charge in [-0.1, -0.05) is 82.4 Å². The van der Waals surface area contributed by atoms with Crippen LogP contribution in [0.15, 0.2) is 121 Å². The Kier molecular flexibility index (Phi) is 36.9. The van der Waals surface area contributed by atoms with E-state index >= 15 is 0 Å². The number of nitrogens with two attached hydrogens (primary N) is 1. The number of aliphatic hydroxyl groups is 2. The molecule has 0 radical (unpaired) electrons. The highest BCUT2D eigenvalue weighted by atomic mass is 16.6. The molecule has 7 N–H and O–H groups in total. The van der Waals surface area contributed by atoms with Gasteiger partial charge in [0.05, 0.1) is 102 Å². The monoisotopic (exact) mass is 1850 g/mol. The van der Waals surface area contributed by atoms with Crippen LogP contribution in [0, 0.1) is 29.6 Å². The Morgan fingerprint density at radius 1 is 0.709 bits per heavy atom. The first-order valence-electron chi connectivity index (χ1n) is 47.2. The number of anilines is 3. The third-order valence-electron chi connectivity index (χ3n) is 26.4. The number of hydrogen-bond donors (Lipinski definition) is 6. The van der Waals surface area contributed by atoms with Gasteiger partial charge in [0, 0.05) is 145 Å². The number of rotatable bonds is 30. The molecule has 2 bridgehead atoms. The van der Waals surface area contributed by atoms with E-state index in [-0.39, 0.29) is 124 Å². The molecule has 6 aromatic heterocycles. The number of carbonyl (C=O) groups excluding carboxylic acids is 8. The van der Waals surface area contributed by atoms with Gasteiger partial charge in [-0.3, -0.25) is 28.8 Å². The summed E-state index contributed by atoms with van der Waals surface area (Å²) in [4.78, 5) is 153. The first kappa shape index (κ1) is 100. The van der Waals surface area contributed by atoms with Crippen molar-refractivity contribution in [2.24, 2.45) is 29.6 Å². The molecule has 36 nitrogen and oxygen atoms in total. The molecule has 12 atom stereocenters. The number of nitrogens with zero attached hydrogens (tertiary/aromatic N) is 13. The zero-order valence-corrected chi connectivity index (χ0v) is 78.2. The molecule has 13 rings (SSSR count). The number of fused-ring (bicyclic) bond motifs is 6. The molecule has 6 aliphatic rings. The van der Waals surface area contributed by atoms with Crippen molar-refractivity contribution in [2.75, 3.05) is 128 Å². The smallest absolute Gasteiger partial charge is 0.407 e. The maximum atomic E-state index is 14.6. The van der Waals surface area contributed by atoms with Crippen LogP contribution in [0.5, 0.6) is 0 Å². The molecule has 5 aliphatic heterocycles. The number of methoxy groups -OCH3 is 2. The number of Topliss-reactive ketones (excluding diaryl/α,β-unsaturated/α-hetero) is 3. The first-order chi connectivity index (χ1) is 64.9. The molecule has 4 amide bonds. The molecule has 11 heterocycles. The largest absolute Gasteiger partial charge is 0.460 e. The van der Waals surface area contributed by atoms with E-state index in [1.807, 2.05) is 95.8 Å². The lowest BCUT2D eigenvalue weighted by Gasteiger charge is -2.40. The molecule has 134 heavy (non-hydrogen) atoms. The van der Waals surface area contributed by atoms with Crippen LogP contribution < -0.4 is 26.2 Å². The van der Waals surface area contributed by atoms with Crippen molar-refractivity contribution in [1.82, 2.24) is 70.1 Å². The summed E-state index contributed by atoms with van der Waals surface area (Å²) in [6.07, 6.45) is 24.3. The fraction of sp³-hybridized carbons (Fsp3) is 0.571. The lowest BCUT2D eigenvalue weighted by Crippen LogP contribution is -2.56. The number of hydrogen-bond acceptors (Lipinski definition) is 30. The first-order valence-corrected chi connectivity index (χ1v) is 47.2. The SMILES string of the molecule is CO[C@H]1CC2CC[C@@H](C)C(O2)C(=O)C(=O)N2CCCC[C@H]2C(=O)O[C@H](CCC2CCC(OC(=O)NCc3cnc(N4CCN(c5ncc(C(=O)NCCOCCOCCOCCOCCC(=O)N6CCc7cc(Cn8nc(-c9cnc%10[nH]ccc%10c9)c9c(N)ncnc98)ccc7C6)cn5)CC4CO)nc3)CC2)CC(=O)[C@H](C)/C=C(\C)[C@@H](O)[C@@H](OC)C(=O)[C@H](C)C[C@H](C)/C=C/C=CC=C1C. The van der Waals surface area contributed by atoms with E-state index in [1.54, 1.807) is 45.6 Å². The highest BCUT2D eigenvalue weighted by molar-refractivity contribution is 6.38. The molecular formula is C98H131N17O19. The van der Waals surface area contributed by atoms with E-state index in [0.717, 1.165) is 39.7 Å². The molecule has 7 aromatic rings. The Morgan fingerprint density at radius 2 is 1.46 bits per heavy atom. The van der Waals surface area contributed by atoms with E-state index < -0.39 is 72.1 Å². The van der Waals surface area contributed by atoms with Crippen LogP contribution in [0.1, 0.15) is 170 Å². The summed E-state index contributed by atoms with van der Waals surface area (Å²) in [5.41, 5.74) is 14.9. The fourth-order valence-electron chi connectivity index (χ4n) is 18.5. The molecule has 36 heteroatoms. The summed E-state index contributed by atoms with van der Waals surface area (Å²) >= 11 is 0. The maximum absolute atomic E-state index is 14.6. The lowest BCUT2D eigenvalue weighted by atomic mass is 9.83. The van der Waals surface area contributed by atoms with Gasteiger partial charge >= 0.3 is 12.1 Å². The minimum Gasteiger partial charge on any atom is -0.460 e. The van der Waals surface area contributed by atoms with Crippen LogP contribution in [-0.2, 0) is 97.5 Å². The Hall–Kier alpha value is -11.2. The van der Waals surface area contributed by atoms with Crippen molar-refractivity contribution >= 4 is 86.9 Å². The fourth-order valence-corrected chi connectivity index (χ4v) is 18.5. The van der Waals surface area contributed by atoms with Crippen molar-refractivity contribution in [2.45, 2.75) is 219 Å². The molecule has 1 aromatic carbocycles. The summed E-state index contributed by atoms with van der Waals surface area (Å²) in [6, 6.07) is 8.82. The highest BCUT2D eigenvalue weighted by Crippen LogP contribution is 2.37. The third kappa shape index (κ3) is 27.1. The number of aromatic nitrogens is 10. The topological polar surface area (TPSA) is 447 Å². The number of nitrogen functional groups attached to an aromatic ring is 1. The highest BCUT2D eigenvalue weighted by Gasteiger charge is 2.45. The molecule has 3 saturated heterocycles. The second-order valence-electron chi connectivity index (χ2n) is 36.1. The summed E-state index contributed by atoms with van der Waals surface area (Å²) in [7, 11) is 3.00. The Labute approximate surface area is 781 Å². The summed E-state index contributed by atoms with van der Waals surface area (Å²) in [5, 5.41) is 34.4. The molecule has 722 valence electrons. The Morgan fingerprint density at radius 3 is 2.20 bits per heavy atom. The zero-order valence-electron chi connectivity index (χ0n) is 78.2. The average molecular weight is 1850 g/mol. The minimum absolute atomic E-state index is 0.00636. The van der Waals surface area contributed by atoms with Gasteiger partial charge in [0.1, 0.15) is 65.8 Å². The molecule has 1 saturated carbocycles. The number of ketones is 3. The number of piperidine rings is 1. The van der Waals surface area contributed by atoms with Crippen molar-refractivity contribution in [3.8, 4) is 11.3 Å². The molecule has 0 spiro atoms. The number of alkyl carbamates (subject to hydrolysis) is 1. The van der Waals surface area contributed by atoms with E-state index in [2.05, 4.69) is 68.7 Å². The van der Waals surface area contributed by atoms with Gasteiger partial charge in [0.15, 0.2) is 11.4 Å². The molecular weight excluding hydrogens is 1720 g/mol. The van der Waals surface area contributed by atoms with Gasteiger partial charge in [-0.2, -0.15) is 5.10 Å². The summed E-state index contributed by atoms with van der Waals surface area (Å²) in [5.74, 6) is -3.30. The van der Waals surface area contributed by atoms with Crippen LogP contribution in [0.2, 0.25) is 0 Å². The number of H-pyrrole nitrogens is 1. The van der Waals surface area contributed by atoms with Gasteiger partial charge in [-0.05, 0) is 155 Å². The number of ether oxygens (including phenoxy) is 9. The number of cyclic esters (lactones) is 1. The van der Waals surface area contributed by atoms with Crippen LogP contribution in [0.4, 0.5) is 22.5 Å². The summed E-state index contributed by atoms with van der Waals surface area (Å²) in [6.45, 7) is 16.8. The van der Waals surface area contributed by atoms with Crippen LogP contribution in [0.3, 0.4) is 0 Å². The lowest BCUT2D eigenvalue weighted by molar-refractivity contribution is -0.169. The second kappa shape index (κ2) is 49.3. The normalized spacial score (nSPS) is 25.4. The second-order valence-corrected chi connectivity index (χ2v) is 36.1. The third-order valence-corrected chi connectivity index (χ3v) is 26.4. The molecule has 4 fully saturated rings. The van der Waals surface area contributed by atoms with E-state index in [1.165, 1.54) is 36.3 Å². The Balaban J connectivity index is 0.486. The number of piperazine rings is 1. The average Bonchev–Trinajstić information content (AvgIpc) is 1.61. The van der Waals surface area contributed by atoms with E-state index in [9.17, 15) is 48.6 Å². The van der Waals surface area contributed by atoms with E-state index in [0.29, 0.717) is 202 Å². The van der Waals surface area contributed by atoms with Gasteiger partial charge in [-0.25, -0.2) is 49.2 Å². The number of aliphatic hydroxyl groups excluding tert-OH is 2. The van der Waals surface area contributed by atoms with Crippen molar-refractivity contribution in [3.63, 3.8) is 0 Å². The van der Waals surface area contributed by atoms with Crippen LogP contribution in [0.25, 0.3) is 33.3 Å². The zero-order chi connectivity index (χ0) is 94.7. The van der Waals surface area contributed by atoms with Crippen molar-refractivity contribution in [1.29, 1.82) is 0 Å². The number of esters is 1. The van der Waals surface area contributed by atoms with Crippen LogP contribution >= 0.6 is 0 Å². The molecule has 1 aliphatic carbocycles. The minimum atomic E-state index is -1.34. The van der Waals surface area contributed by atoms with Crippen molar-refractivity contribution in [3.05, 3.63) is 149 Å². The van der Waals surface area contributed by atoms with Crippen LogP contribution in [-0.4, -0.2) is 285 Å². The number of aromatic amines is 1. The predicted octanol–water partition coefficient (Wildman–Crippen LogP) is 9.28. The van der Waals surface area contributed by atoms with Gasteiger partial charge in [-0.15, -0.1) is 0 Å². The molecule has 3 unspecified atom stereocenters. The quantitative estimate of drug-likeness (QED) is 0.0106. The van der Waals surface area contributed by atoms with Gasteiger partial charge in [0.25, 0.3) is 11.8 Å². The summed E-state index contributed by atoms with van der Waals surface area (Å²) < 4.78 is 54.8. The Bertz CT molecular complexity index is 5250. The number of amides is 4. The van der Waals surface area contributed by atoms with Gasteiger partial charge in [0.2, 0.25) is 23.6 Å². The number of allylic oxidation sites excluding steroid dienone is 6. The number of benzene rings is 1. The standard InChI is InChI=1S/C98H131N17O19/c1-61-14-10-9-11-15-62(2)81(126-7)49-78-23-17-63(3)88(132-78)87(121)94(123)114-32-13-12-16-79(114)95(124)133-77(48-80(117)64(4)45-66(6)86(120)89(127-8)85(119)65(5)44-61)26-21-67-19-24-76(25-20-67)134-98(125)107-52-69-50-103-97(104-51-69)113-35-34-112(58-75(113)59-116)96-105-54-74(55-106-96)93(122)101-31-37-129-39-41-131-43-42-130-40-38-128-36-29-82(118)111-33-28-70-46-68(18-22-72(70)57-111)56-115-92-83(90(99)108-60-109-92)84(110-115)73-47-71-27-30-100-91(71)102-53-73/h9-11,14-15,18,22,27,30,45-47,50-51,53-55,60-61,63-65,67,75-79,81,86,88-89,116,120H,12-13,16-17,19-21,23-26,28-29,31-44,48-49,52,56-59H2,1-8H3,(H,100,102)(H,101,122)(H,107,125)(H2,99,108,109)/b11-9?,14-10+,62-15?,66-45+/t61-,63-,64-,65-,67?,75?,76?,77-,78?,79+,81+,86-,88?,89+/m1/s1. The number of nitrogens with one attached hydrogen (secondary N) is 3.